The van der Waals surface area contributed by atoms with Gasteiger partial charge in [-0.25, -0.2) is 0 Å². The molecule has 0 aromatic carbocycles. The van der Waals surface area contributed by atoms with Crippen LogP contribution in [0.3, 0.4) is 0 Å². The Morgan fingerprint density at radius 3 is 1.33 bits per heavy atom. The van der Waals surface area contributed by atoms with Gasteiger partial charge in [-0.15, -0.1) is 0 Å². The van der Waals surface area contributed by atoms with E-state index >= 15 is 0 Å². The van der Waals surface area contributed by atoms with E-state index in [1.54, 1.807) is 0 Å². The fourth-order valence-corrected chi connectivity index (χ4v) is 8.90. The van der Waals surface area contributed by atoms with Gasteiger partial charge in [-0.2, -0.15) is 0 Å². The zero-order valence-electron chi connectivity index (χ0n) is 7.44. The number of hydrogen-bond acceptors (Lipinski definition) is 0. The van der Waals surface area contributed by atoms with Crippen LogP contribution in [0.5, 0.6) is 0 Å². The molecule has 0 saturated heterocycles. The average Bonchev–Trinajstić information content (AvgIpc) is 1.64. The zero-order valence-corrected chi connectivity index (χ0v) is 9.86. The summed E-state index contributed by atoms with van der Waals surface area (Å²) in [6.45, 7) is 12.0. The van der Waals surface area contributed by atoms with E-state index in [0.29, 0.717) is 0 Å². The number of rotatable bonds is 3. The molecular formula is C8H20Ge. The molecule has 0 aliphatic heterocycles. The maximum absolute atomic E-state index is 2.40. The standard InChI is InChI=1S/C8H20Ge/c1-6-9(7(2)3)8(4)5/h7-9H,6H2,1-5H3. The van der Waals surface area contributed by atoms with Crippen LogP contribution in [-0.4, -0.2) is 14.3 Å². The van der Waals surface area contributed by atoms with Crippen molar-refractivity contribution in [3.63, 3.8) is 0 Å². The van der Waals surface area contributed by atoms with Gasteiger partial charge in [-0.3, -0.25) is 0 Å². The van der Waals surface area contributed by atoms with E-state index in [-0.39, 0.29) is 0 Å². The van der Waals surface area contributed by atoms with Gasteiger partial charge in [-0.1, -0.05) is 0 Å². The van der Waals surface area contributed by atoms with E-state index in [2.05, 4.69) is 34.6 Å². The number of hydrogen-bond donors (Lipinski definition) is 0. The molecule has 0 aliphatic rings. The third-order valence-corrected chi connectivity index (χ3v) is 11.3. The molecule has 0 bridgehead atoms. The molecule has 0 nitrogen and oxygen atoms in total. The van der Waals surface area contributed by atoms with Crippen LogP contribution in [0.15, 0.2) is 0 Å². The predicted molar refractivity (Wildman–Crippen MR) is 47.8 cm³/mol. The van der Waals surface area contributed by atoms with Gasteiger partial charge in [0.05, 0.1) is 0 Å². The second kappa shape index (κ2) is 4.37. The molecule has 0 unspecified atom stereocenters. The van der Waals surface area contributed by atoms with Crippen LogP contribution >= 0.6 is 0 Å². The summed E-state index contributed by atoms with van der Waals surface area (Å²) in [5.74, 6) is 0. The van der Waals surface area contributed by atoms with Crippen LogP contribution in [0.4, 0.5) is 0 Å². The van der Waals surface area contributed by atoms with E-state index < -0.39 is 14.3 Å². The predicted octanol–water partition coefficient (Wildman–Crippen LogP) is 3.05. The Morgan fingerprint density at radius 2 is 1.33 bits per heavy atom. The monoisotopic (exact) mass is 190 g/mol. The molecule has 0 heterocycles. The van der Waals surface area contributed by atoms with Crippen molar-refractivity contribution >= 4 is 14.3 Å². The van der Waals surface area contributed by atoms with Crippen LogP contribution in [0.2, 0.25) is 14.8 Å². The Balaban J connectivity index is 3.68. The molecule has 0 radical (unpaired) electrons. The summed E-state index contributed by atoms with van der Waals surface area (Å²) in [4.78, 5) is 0. The third kappa shape index (κ3) is 3.29. The van der Waals surface area contributed by atoms with Crippen molar-refractivity contribution < 1.29 is 0 Å². The van der Waals surface area contributed by atoms with Gasteiger partial charge in [0.2, 0.25) is 0 Å². The SMILES string of the molecule is C[CH2][GeH]([CH](C)C)[CH](C)C. The van der Waals surface area contributed by atoms with Gasteiger partial charge in [0.1, 0.15) is 0 Å². The third-order valence-electron chi connectivity index (χ3n) is 2.18. The molecule has 0 amide bonds. The van der Waals surface area contributed by atoms with E-state index in [4.69, 9.17) is 0 Å². The van der Waals surface area contributed by atoms with Crippen molar-refractivity contribution in [1.82, 2.24) is 0 Å². The first-order valence-corrected chi connectivity index (χ1v) is 8.60. The molecule has 0 fully saturated rings. The van der Waals surface area contributed by atoms with Crippen molar-refractivity contribution in [3.8, 4) is 0 Å². The van der Waals surface area contributed by atoms with Crippen LogP contribution < -0.4 is 0 Å². The van der Waals surface area contributed by atoms with E-state index in [1.165, 1.54) is 5.25 Å². The second-order valence-corrected chi connectivity index (χ2v) is 13.7. The molecule has 9 heavy (non-hydrogen) atoms. The zero-order chi connectivity index (χ0) is 7.44. The minimum atomic E-state index is -0.808. The fourth-order valence-electron chi connectivity index (χ4n) is 1.71. The normalized spacial score (nSPS) is 12.0. The second-order valence-electron chi connectivity index (χ2n) is 3.56. The summed E-state index contributed by atoms with van der Waals surface area (Å²) in [5.41, 5.74) is 0. The van der Waals surface area contributed by atoms with Gasteiger partial charge in [0.15, 0.2) is 0 Å². The van der Waals surface area contributed by atoms with Gasteiger partial charge in [-0.05, 0) is 0 Å². The van der Waals surface area contributed by atoms with Gasteiger partial charge >= 0.3 is 63.7 Å². The summed E-state index contributed by atoms with van der Waals surface area (Å²) < 4.78 is 2.09. The van der Waals surface area contributed by atoms with Crippen molar-refractivity contribution in [2.75, 3.05) is 0 Å². The van der Waals surface area contributed by atoms with Crippen molar-refractivity contribution in [1.29, 1.82) is 0 Å². The Morgan fingerprint density at radius 1 is 1.00 bits per heavy atom. The Hall–Kier alpha value is 0.543. The summed E-state index contributed by atoms with van der Waals surface area (Å²) in [7, 11) is 0. The summed E-state index contributed by atoms with van der Waals surface area (Å²) in [6, 6.07) is 0. The fraction of sp³-hybridized carbons (Fsp3) is 1.00. The van der Waals surface area contributed by atoms with Gasteiger partial charge < -0.3 is 0 Å². The molecule has 0 atom stereocenters. The minimum absolute atomic E-state index is 0.808. The van der Waals surface area contributed by atoms with Gasteiger partial charge in [0.25, 0.3) is 0 Å². The Labute approximate surface area is 64.1 Å². The molecule has 56 valence electrons. The molecule has 0 aromatic heterocycles. The van der Waals surface area contributed by atoms with E-state index in [0.717, 1.165) is 9.50 Å². The Bertz CT molecular complexity index is 59.0. The molecule has 0 rings (SSSR count). The first kappa shape index (κ1) is 9.54. The van der Waals surface area contributed by atoms with Crippen LogP contribution in [-0.2, 0) is 0 Å². The quantitative estimate of drug-likeness (QED) is 0.598. The summed E-state index contributed by atoms with van der Waals surface area (Å²) in [5, 5.41) is 1.52. The van der Waals surface area contributed by atoms with E-state index in [1.807, 2.05) is 0 Å². The van der Waals surface area contributed by atoms with Crippen molar-refractivity contribution in [2.24, 2.45) is 0 Å². The molecule has 0 saturated carbocycles. The molecule has 1 heteroatoms. The first-order chi connectivity index (χ1) is 4.09. The topological polar surface area (TPSA) is 0 Å². The van der Waals surface area contributed by atoms with Crippen molar-refractivity contribution in [3.05, 3.63) is 0 Å². The van der Waals surface area contributed by atoms with E-state index in [9.17, 15) is 0 Å². The van der Waals surface area contributed by atoms with Gasteiger partial charge in [0, 0.05) is 0 Å². The molecule has 0 aromatic rings. The first-order valence-electron chi connectivity index (χ1n) is 4.09. The van der Waals surface area contributed by atoms with Crippen molar-refractivity contribution in [2.45, 2.75) is 49.4 Å². The van der Waals surface area contributed by atoms with Crippen LogP contribution in [0.1, 0.15) is 34.6 Å². The van der Waals surface area contributed by atoms with Crippen LogP contribution in [0, 0.1) is 0 Å². The molecule has 0 spiro atoms. The summed E-state index contributed by atoms with van der Waals surface area (Å²) in [6.07, 6.45) is 0. The average molecular weight is 189 g/mol. The molecular weight excluding hydrogens is 169 g/mol. The molecule has 0 N–H and O–H groups in total. The molecule has 0 aliphatic carbocycles. The maximum atomic E-state index is 2.40. The van der Waals surface area contributed by atoms with Crippen LogP contribution in [0.25, 0.3) is 0 Å². The Kier molecular flexibility index (Phi) is 4.64. The summed E-state index contributed by atoms with van der Waals surface area (Å²) >= 11 is -0.808.